The van der Waals surface area contributed by atoms with E-state index in [1.54, 1.807) is 6.92 Å². The minimum Gasteiger partial charge on any atom is -0.438 e. The Hall–Kier alpha value is -1.36. The normalized spacial score (nSPS) is 11.5. The number of aromatic nitrogens is 1. The minimum atomic E-state index is -0.453. The molecule has 0 fully saturated rings. The molecular formula is C10H16N2O3. The lowest BCUT2D eigenvalue weighted by Crippen LogP contribution is -2.44. The number of hydrogen-bond acceptors (Lipinski definition) is 4. The quantitative estimate of drug-likeness (QED) is 0.776. The van der Waals surface area contributed by atoms with Crippen molar-refractivity contribution in [2.45, 2.75) is 32.7 Å². The second-order valence-corrected chi connectivity index (χ2v) is 4.08. The van der Waals surface area contributed by atoms with Gasteiger partial charge in [0.15, 0.2) is 6.39 Å². The van der Waals surface area contributed by atoms with Crippen molar-refractivity contribution in [1.29, 1.82) is 0 Å². The van der Waals surface area contributed by atoms with Crippen LogP contribution in [-0.4, -0.2) is 28.1 Å². The lowest BCUT2D eigenvalue weighted by atomic mass is 10.0. The van der Waals surface area contributed by atoms with Gasteiger partial charge < -0.3 is 14.8 Å². The average molecular weight is 212 g/mol. The zero-order valence-electron chi connectivity index (χ0n) is 9.20. The Bertz CT molecular complexity index is 344. The lowest BCUT2D eigenvalue weighted by Gasteiger charge is -2.24. The topological polar surface area (TPSA) is 75.4 Å². The summed E-state index contributed by atoms with van der Waals surface area (Å²) in [5.41, 5.74) is 0.109. The molecule has 1 heterocycles. The van der Waals surface area contributed by atoms with Crippen LogP contribution in [0, 0.1) is 6.92 Å². The number of carbonyl (C=O) groups is 1. The first-order valence-electron chi connectivity index (χ1n) is 4.80. The van der Waals surface area contributed by atoms with Crippen molar-refractivity contribution in [3.63, 3.8) is 0 Å². The first-order valence-corrected chi connectivity index (χ1v) is 4.80. The van der Waals surface area contributed by atoms with Crippen molar-refractivity contribution < 1.29 is 14.3 Å². The van der Waals surface area contributed by atoms with Gasteiger partial charge in [-0.1, -0.05) is 0 Å². The number of rotatable bonds is 4. The molecule has 0 spiro atoms. The van der Waals surface area contributed by atoms with Gasteiger partial charge in [0.2, 0.25) is 5.76 Å². The van der Waals surface area contributed by atoms with Crippen molar-refractivity contribution in [2.75, 3.05) is 6.61 Å². The summed E-state index contributed by atoms with van der Waals surface area (Å²) in [6.45, 7) is 5.42. The van der Waals surface area contributed by atoms with E-state index in [1.807, 2.05) is 13.8 Å². The molecule has 84 valence electrons. The summed E-state index contributed by atoms with van der Waals surface area (Å²) in [5.74, 6) is -0.0792. The maximum atomic E-state index is 11.7. The molecule has 0 radical (unpaired) electrons. The summed E-state index contributed by atoms with van der Waals surface area (Å²) in [5, 5.41) is 11.6. The van der Waals surface area contributed by atoms with E-state index in [0.29, 0.717) is 12.1 Å². The highest BCUT2D eigenvalue weighted by atomic mass is 16.3. The first-order chi connectivity index (χ1) is 6.96. The Morgan fingerprint density at radius 1 is 1.67 bits per heavy atom. The monoisotopic (exact) mass is 212 g/mol. The van der Waals surface area contributed by atoms with Crippen LogP contribution in [0.5, 0.6) is 0 Å². The molecular weight excluding hydrogens is 196 g/mol. The molecule has 5 heteroatoms. The summed E-state index contributed by atoms with van der Waals surface area (Å²) >= 11 is 0. The molecule has 1 aromatic heterocycles. The maximum Gasteiger partial charge on any atom is 0.289 e. The number of aliphatic hydroxyl groups excluding tert-OH is 1. The van der Waals surface area contributed by atoms with Crippen LogP contribution in [0.3, 0.4) is 0 Å². The van der Waals surface area contributed by atoms with Crippen molar-refractivity contribution >= 4 is 5.91 Å². The van der Waals surface area contributed by atoms with E-state index in [-0.39, 0.29) is 18.3 Å². The summed E-state index contributed by atoms with van der Waals surface area (Å²) in [6, 6.07) is 0. The Morgan fingerprint density at radius 2 is 2.33 bits per heavy atom. The fourth-order valence-corrected chi connectivity index (χ4v) is 1.23. The predicted octanol–water partition coefficient (Wildman–Crippen LogP) is 0.874. The van der Waals surface area contributed by atoms with Gasteiger partial charge in [0, 0.05) is 12.1 Å². The van der Waals surface area contributed by atoms with Crippen LogP contribution in [0.2, 0.25) is 0 Å². The van der Waals surface area contributed by atoms with Crippen LogP contribution in [0.4, 0.5) is 0 Å². The lowest BCUT2D eigenvalue weighted by molar-refractivity contribution is 0.0870. The molecule has 0 aromatic carbocycles. The van der Waals surface area contributed by atoms with E-state index >= 15 is 0 Å². The summed E-state index contributed by atoms with van der Waals surface area (Å²) in [4.78, 5) is 15.5. The Kier molecular flexibility index (Phi) is 3.47. The summed E-state index contributed by atoms with van der Waals surface area (Å²) in [6.07, 6.45) is 1.73. The Morgan fingerprint density at radius 3 is 2.80 bits per heavy atom. The standard InChI is InChI=1S/C10H16N2O3/c1-7-8(15-6-11-7)9(14)12-10(2,3)4-5-13/h6,13H,4-5H2,1-3H3,(H,12,14). The van der Waals surface area contributed by atoms with Gasteiger partial charge in [0.1, 0.15) is 0 Å². The van der Waals surface area contributed by atoms with Gasteiger partial charge in [-0.15, -0.1) is 0 Å². The maximum absolute atomic E-state index is 11.7. The average Bonchev–Trinajstić information content (AvgIpc) is 2.50. The van der Waals surface area contributed by atoms with E-state index in [0.717, 1.165) is 0 Å². The van der Waals surface area contributed by atoms with Crippen LogP contribution < -0.4 is 5.32 Å². The van der Waals surface area contributed by atoms with Crippen LogP contribution in [0.15, 0.2) is 10.8 Å². The predicted molar refractivity (Wildman–Crippen MR) is 54.5 cm³/mol. The second kappa shape index (κ2) is 4.44. The van der Waals surface area contributed by atoms with Gasteiger partial charge in [0.25, 0.3) is 5.91 Å². The van der Waals surface area contributed by atoms with E-state index < -0.39 is 5.54 Å². The number of hydrogen-bond donors (Lipinski definition) is 2. The summed E-state index contributed by atoms with van der Waals surface area (Å²) in [7, 11) is 0. The molecule has 0 aliphatic heterocycles. The molecule has 0 bridgehead atoms. The minimum absolute atomic E-state index is 0.0304. The molecule has 1 rings (SSSR count). The van der Waals surface area contributed by atoms with Crippen molar-refractivity contribution in [3.05, 3.63) is 17.8 Å². The Labute approximate surface area is 88.5 Å². The smallest absolute Gasteiger partial charge is 0.289 e. The van der Waals surface area contributed by atoms with E-state index in [9.17, 15) is 4.79 Å². The van der Waals surface area contributed by atoms with Crippen LogP contribution in [0.25, 0.3) is 0 Å². The number of amides is 1. The van der Waals surface area contributed by atoms with Gasteiger partial charge in [-0.05, 0) is 27.2 Å². The van der Waals surface area contributed by atoms with Crippen molar-refractivity contribution in [2.24, 2.45) is 0 Å². The number of carbonyl (C=O) groups excluding carboxylic acids is 1. The number of oxazole rings is 1. The van der Waals surface area contributed by atoms with Crippen LogP contribution in [-0.2, 0) is 0 Å². The number of nitrogens with zero attached hydrogens (tertiary/aromatic N) is 1. The first kappa shape index (κ1) is 11.7. The zero-order chi connectivity index (χ0) is 11.5. The molecule has 15 heavy (non-hydrogen) atoms. The Balaban J connectivity index is 2.68. The van der Waals surface area contributed by atoms with E-state index in [4.69, 9.17) is 9.52 Å². The van der Waals surface area contributed by atoms with E-state index in [2.05, 4.69) is 10.3 Å². The van der Waals surface area contributed by atoms with Gasteiger partial charge in [-0.25, -0.2) is 4.98 Å². The number of aliphatic hydroxyl groups is 1. The van der Waals surface area contributed by atoms with E-state index in [1.165, 1.54) is 6.39 Å². The van der Waals surface area contributed by atoms with Gasteiger partial charge >= 0.3 is 0 Å². The van der Waals surface area contributed by atoms with Crippen molar-refractivity contribution in [1.82, 2.24) is 10.3 Å². The molecule has 0 aliphatic rings. The third-order valence-electron chi connectivity index (χ3n) is 2.14. The molecule has 0 aliphatic carbocycles. The molecule has 0 saturated heterocycles. The second-order valence-electron chi connectivity index (χ2n) is 4.08. The molecule has 2 N–H and O–H groups in total. The highest BCUT2D eigenvalue weighted by Gasteiger charge is 2.23. The molecule has 1 aromatic rings. The zero-order valence-corrected chi connectivity index (χ0v) is 9.20. The van der Waals surface area contributed by atoms with Gasteiger partial charge in [-0.2, -0.15) is 0 Å². The molecule has 0 atom stereocenters. The van der Waals surface area contributed by atoms with Crippen LogP contribution >= 0.6 is 0 Å². The van der Waals surface area contributed by atoms with Gasteiger partial charge in [0.05, 0.1) is 5.69 Å². The van der Waals surface area contributed by atoms with Crippen molar-refractivity contribution in [3.8, 4) is 0 Å². The molecule has 0 unspecified atom stereocenters. The third-order valence-corrected chi connectivity index (χ3v) is 2.14. The molecule has 5 nitrogen and oxygen atoms in total. The number of aryl methyl sites for hydroxylation is 1. The highest BCUT2D eigenvalue weighted by Crippen LogP contribution is 2.11. The van der Waals surface area contributed by atoms with Crippen LogP contribution in [0.1, 0.15) is 36.5 Å². The largest absolute Gasteiger partial charge is 0.438 e. The highest BCUT2D eigenvalue weighted by molar-refractivity contribution is 5.92. The fourth-order valence-electron chi connectivity index (χ4n) is 1.23. The summed E-state index contributed by atoms with van der Waals surface area (Å²) < 4.78 is 4.96. The molecule has 1 amide bonds. The SMILES string of the molecule is Cc1ncoc1C(=O)NC(C)(C)CCO. The molecule has 0 saturated carbocycles. The van der Waals surface area contributed by atoms with Gasteiger partial charge in [-0.3, -0.25) is 4.79 Å². The number of nitrogens with one attached hydrogen (secondary N) is 1. The fraction of sp³-hybridized carbons (Fsp3) is 0.600. The third kappa shape index (κ3) is 3.06.